The van der Waals surface area contributed by atoms with Gasteiger partial charge < -0.3 is 19.5 Å². The van der Waals surface area contributed by atoms with Crippen LogP contribution < -0.4 is 14.8 Å². The second kappa shape index (κ2) is 8.19. The molecule has 0 spiro atoms. The van der Waals surface area contributed by atoms with Crippen molar-refractivity contribution < 1.29 is 23.8 Å². The summed E-state index contributed by atoms with van der Waals surface area (Å²) in [5.74, 6) is 0.506. The van der Waals surface area contributed by atoms with Gasteiger partial charge in [0, 0.05) is 29.3 Å². The number of carbonyl (C=O) groups excluding carboxylic acids is 2. The number of fused-ring (bicyclic) bond motifs is 1. The Kier molecular flexibility index (Phi) is 5.21. The minimum absolute atomic E-state index is 0.0459. The minimum Gasteiger partial charge on any atom is -0.463 e. The molecule has 0 radical (unpaired) electrons. The van der Waals surface area contributed by atoms with Gasteiger partial charge in [-0.25, -0.2) is 4.79 Å². The quantitative estimate of drug-likeness (QED) is 0.726. The van der Waals surface area contributed by atoms with Gasteiger partial charge in [0.1, 0.15) is 0 Å². The SMILES string of the molecule is CCOC(=O)C1=C(C)NC2=C(C(=O)C[C@@H](c3ccccc3)C2)[C@H]1c1ccc2c(c1)OCO2. The van der Waals surface area contributed by atoms with Crippen LogP contribution in [0.3, 0.4) is 0 Å². The molecule has 0 saturated carbocycles. The molecular formula is C26H25NO5. The Labute approximate surface area is 186 Å². The van der Waals surface area contributed by atoms with E-state index in [0.29, 0.717) is 41.2 Å². The van der Waals surface area contributed by atoms with Crippen molar-refractivity contribution in [3.8, 4) is 11.5 Å². The number of hydrogen-bond acceptors (Lipinski definition) is 6. The molecule has 0 bridgehead atoms. The van der Waals surface area contributed by atoms with Crippen LogP contribution in [-0.2, 0) is 14.3 Å². The minimum atomic E-state index is -0.510. The molecule has 6 heteroatoms. The first-order valence-electron chi connectivity index (χ1n) is 10.9. The van der Waals surface area contributed by atoms with Crippen LogP contribution in [0.5, 0.6) is 11.5 Å². The number of Topliss-reactive ketones (excluding diaryl/α,β-unsaturated/α-hetero) is 1. The first kappa shape index (κ1) is 20.4. The molecule has 0 aromatic heterocycles. The number of rotatable bonds is 4. The zero-order valence-electron chi connectivity index (χ0n) is 18.1. The summed E-state index contributed by atoms with van der Waals surface area (Å²) >= 11 is 0. The van der Waals surface area contributed by atoms with Crippen molar-refractivity contribution in [1.29, 1.82) is 0 Å². The smallest absolute Gasteiger partial charge is 0.336 e. The first-order valence-corrected chi connectivity index (χ1v) is 10.9. The van der Waals surface area contributed by atoms with Crippen LogP contribution in [0.2, 0.25) is 0 Å². The number of ether oxygens (including phenoxy) is 3. The van der Waals surface area contributed by atoms with E-state index >= 15 is 0 Å². The fraction of sp³-hybridized carbons (Fsp3) is 0.308. The van der Waals surface area contributed by atoms with Crippen molar-refractivity contribution in [1.82, 2.24) is 5.32 Å². The highest BCUT2D eigenvalue weighted by atomic mass is 16.7. The number of hydrogen-bond donors (Lipinski definition) is 1. The maximum atomic E-state index is 13.5. The van der Waals surface area contributed by atoms with Gasteiger partial charge in [-0.2, -0.15) is 0 Å². The number of allylic oxidation sites excluding steroid dienone is 3. The van der Waals surface area contributed by atoms with E-state index in [1.807, 2.05) is 43.3 Å². The summed E-state index contributed by atoms with van der Waals surface area (Å²) < 4.78 is 16.4. The standard InChI is InChI=1S/C26H25NO5/c1-3-30-26(29)23-15(2)27-19-11-18(16-7-5-4-6-8-16)12-20(28)25(19)24(23)17-9-10-21-22(13-17)32-14-31-21/h4-10,13,18,24,27H,3,11-12,14H2,1-2H3/t18-,24-/m0/s1. The highest BCUT2D eigenvalue weighted by Crippen LogP contribution is 2.47. The van der Waals surface area contributed by atoms with Crippen molar-refractivity contribution in [2.24, 2.45) is 0 Å². The monoisotopic (exact) mass is 431 g/mol. The molecule has 3 aliphatic rings. The number of esters is 1. The highest BCUT2D eigenvalue weighted by molar-refractivity contribution is 6.04. The summed E-state index contributed by atoms with van der Waals surface area (Å²) in [4.78, 5) is 26.5. The molecule has 0 amide bonds. The number of ketones is 1. The molecule has 2 aromatic rings. The topological polar surface area (TPSA) is 73.9 Å². The average Bonchev–Trinajstić information content (AvgIpc) is 3.26. The zero-order valence-corrected chi connectivity index (χ0v) is 18.1. The zero-order chi connectivity index (χ0) is 22.2. The largest absolute Gasteiger partial charge is 0.463 e. The second-order valence-electron chi connectivity index (χ2n) is 8.26. The van der Waals surface area contributed by atoms with E-state index in [-0.39, 0.29) is 25.1 Å². The van der Waals surface area contributed by atoms with Crippen LogP contribution in [0.25, 0.3) is 0 Å². The van der Waals surface area contributed by atoms with Gasteiger partial charge in [0.25, 0.3) is 0 Å². The Balaban J connectivity index is 1.60. The maximum absolute atomic E-state index is 13.5. The van der Waals surface area contributed by atoms with Gasteiger partial charge >= 0.3 is 5.97 Å². The normalized spacial score (nSPS) is 21.9. The lowest BCUT2D eigenvalue weighted by Crippen LogP contribution is -2.36. The van der Waals surface area contributed by atoms with Crippen molar-refractivity contribution in [3.05, 3.63) is 82.2 Å². The third-order valence-corrected chi connectivity index (χ3v) is 6.32. The Morgan fingerprint density at radius 2 is 1.84 bits per heavy atom. The van der Waals surface area contributed by atoms with E-state index < -0.39 is 11.9 Å². The van der Waals surface area contributed by atoms with Crippen molar-refractivity contribution in [3.63, 3.8) is 0 Å². The molecule has 2 atom stereocenters. The predicted octanol–water partition coefficient (Wildman–Crippen LogP) is 4.34. The van der Waals surface area contributed by atoms with Gasteiger partial charge in [-0.05, 0) is 49.4 Å². The number of benzene rings is 2. The van der Waals surface area contributed by atoms with Crippen LogP contribution in [0.15, 0.2) is 71.1 Å². The van der Waals surface area contributed by atoms with Gasteiger partial charge in [0.15, 0.2) is 17.3 Å². The number of nitrogens with one attached hydrogen (secondary N) is 1. The Hall–Kier alpha value is -3.54. The molecule has 0 fully saturated rings. The molecule has 2 aliphatic heterocycles. The second-order valence-corrected chi connectivity index (χ2v) is 8.26. The van der Waals surface area contributed by atoms with E-state index in [4.69, 9.17) is 14.2 Å². The molecule has 0 unspecified atom stereocenters. The molecule has 2 aromatic carbocycles. The van der Waals surface area contributed by atoms with Crippen LogP contribution in [-0.4, -0.2) is 25.2 Å². The predicted molar refractivity (Wildman–Crippen MR) is 118 cm³/mol. The van der Waals surface area contributed by atoms with E-state index in [0.717, 1.165) is 16.8 Å². The van der Waals surface area contributed by atoms with Gasteiger partial charge in [0.2, 0.25) is 6.79 Å². The third-order valence-electron chi connectivity index (χ3n) is 6.32. The van der Waals surface area contributed by atoms with Crippen molar-refractivity contribution >= 4 is 11.8 Å². The molecule has 0 saturated heterocycles. The fourth-order valence-electron chi connectivity index (χ4n) is 4.91. The Morgan fingerprint density at radius 3 is 2.62 bits per heavy atom. The van der Waals surface area contributed by atoms with Gasteiger partial charge in [0.05, 0.1) is 12.2 Å². The summed E-state index contributed by atoms with van der Waals surface area (Å²) in [7, 11) is 0. The van der Waals surface area contributed by atoms with Gasteiger partial charge in [-0.15, -0.1) is 0 Å². The van der Waals surface area contributed by atoms with Crippen LogP contribution in [0.1, 0.15) is 49.7 Å². The van der Waals surface area contributed by atoms with Crippen LogP contribution >= 0.6 is 0 Å². The lowest BCUT2D eigenvalue weighted by molar-refractivity contribution is -0.138. The van der Waals surface area contributed by atoms with Crippen molar-refractivity contribution in [2.45, 2.75) is 38.5 Å². The van der Waals surface area contributed by atoms with E-state index in [2.05, 4.69) is 17.4 Å². The molecule has 5 rings (SSSR count). The summed E-state index contributed by atoms with van der Waals surface area (Å²) in [6.45, 7) is 4.07. The number of dihydropyridines is 1. The first-order chi connectivity index (χ1) is 15.6. The molecular weight excluding hydrogens is 406 g/mol. The number of carbonyl (C=O) groups is 2. The lowest BCUT2D eigenvalue weighted by Gasteiger charge is -2.36. The maximum Gasteiger partial charge on any atom is 0.336 e. The van der Waals surface area contributed by atoms with Gasteiger partial charge in [-0.3, -0.25) is 4.79 Å². The Morgan fingerprint density at radius 1 is 1.06 bits per heavy atom. The molecule has 6 nitrogen and oxygen atoms in total. The van der Waals surface area contributed by atoms with Crippen LogP contribution in [0.4, 0.5) is 0 Å². The molecule has 1 aliphatic carbocycles. The Bertz CT molecular complexity index is 1150. The molecule has 2 heterocycles. The van der Waals surface area contributed by atoms with Crippen LogP contribution in [0, 0.1) is 0 Å². The lowest BCUT2D eigenvalue weighted by atomic mass is 9.71. The summed E-state index contributed by atoms with van der Waals surface area (Å²) in [6.07, 6.45) is 1.11. The molecule has 32 heavy (non-hydrogen) atoms. The molecule has 1 N–H and O–H groups in total. The molecule has 164 valence electrons. The van der Waals surface area contributed by atoms with E-state index in [1.54, 1.807) is 6.92 Å². The summed E-state index contributed by atoms with van der Waals surface area (Å²) in [6, 6.07) is 15.7. The van der Waals surface area contributed by atoms with E-state index in [9.17, 15) is 9.59 Å². The van der Waals surface area contributed by atoms with Gasteiger partial charge in [-0.1, -0.05) is 36.4 Å². The van der Waals surface area contributed by atoms with Crippen molar-refractivity contribution in [2.75, 3.05) is 13.4 Å². The third kappa shape index (κ3) is 3.45. The van der Waals surface area contributed by atoms with E-state index in [1.165, 1.54) is 0 Å². The highest BCUT2D eigenvalue weighted by Gasteiger charge is 2.41. The summed E-state index contributed by atoms with van der Waals surface area (Å²) in [5.41, 5.74) is 4.67. The summed E-state index contributed by atoms with van der Waals surface area (Å²) in [5, 5.41) is 3.37. The fourth-order valence-corrected chi connectivity index (χ4v) is 4.91. The average molecular weight is 431 g/mol.